The fourth-order valence-electron chi connectivity index (χ4n) is 3.30. The molecule has 3 aromatic carbocycles. The van der Waals surface area contributed by atoms with Gasteiger partial charge < -0.3 is 10.1 Å². The molecular weight excluding hydrogens is 395 g/mol. The first kappa shape index (κ1) is 19.5. The molecule has 1 aliphatic rings. The molecule has 1 aliphatic heterocycles. The molecule has 0 aromatic heterocycles. The third kappa shape index (κ3) is 3.87. The largest absolute Gasteiger partial charge is 0.379 e. The minimum atomic E-state index is -4.06. The summed E-state index contributed by atoms with van der Waals surface area (Å²) in [7, 11) is -4.06. The highest BCUT2D eigenvalue weighted by atomic mass is 32.2. The smallest absolute Gasteiger partial charge is 0.255 e. The molecule has 0 saturated carbocycles. The van der Waals surface area contributed by atoms with Crippen molar-refractivity contribution in [2.45, 2.75) is 4.90 Å². The van der Waals surface area contributed by atoms with E-state index in [1.165, 1.54) is 10.4 Å². The predicted molar refractivity (Wildman–Crippen MR) is 108 cm³/mol. The molecule has 1 N–H and O–H groups in total. The number of nitrogens with zero attached hydrogens (tertiary/aromatic N) is 1. The minimum absolute atomic E-state index is 0.0613. The van der Waals surface area contributed by atoms with Crippen molar-refractivity contribution in [1.82, 2.24) is 4.31 Å². The lowest BCUT2D eigenvalue weighted by atomic mass is 10.1. The Kier molecular flexibility index (Phi) is 5.31. The van der Waals surface area contributed by atoms with E-state index in [4.69, 9.17) is 4.74 Å². The number of carbonyl (C=O) groups excluding carboxylic acids is 1. The highest BCUT2D eigenvalue weighted by Crippen LogP contribution is 2.25. The van der Waals surface area contributed by atoms with Crippen LogP contribution in [0.5, 0.6) is 0 Å². The number of amides is 1. The van der Waals surface area contributed by atoms with Gasteiger partial charge in [0.05, 0.1) is 13.2 Å². The summed E-state index contributed by atoms with van der Waals surface area (Å²) >= 11 is 0. The van der Waals surface area contributed by atoms with Crippen LogP contribution in [0, 0.1) is 5.82 Å². The zero-order chi connectivity index (χ0) is 20.4. The number of halogens is 1. The molecule has 0 spiro atoms. The van der Waals surface area contributed by atoms with E-state index in [0.29, 0.717) is 5.69 Å². The van der Waals surface area contributed by atoms with Gasteiger partial charge >= 0.3 is 0 Å². The summed E-state index contributed by atoms with van der Waals surface area (Å²) in [5, 5.41) is 4.60. The molecule has 3 aromatic rings. The molecular formula is C21H19FN2O4S. The zero-order valence-electron chi connectivity index (χ0n) is 15.5. The van der Waals surface area contributed by atoms with Crippen molar-refractivity contribution in [1.29, 1.82) is 0 Å². The normalized spacial score (nSPS) is 15.3. The lowest BCUT2D eigenvalue weighted by Gasteiger charge is -2.26. The molecule has 150 valence electrons. The van der Waals surface area contributed by atoms with Gasteiger partial charge in [0.15, 0.2) is 0 Å². The fourth-order valence-corrected chi connectivity index (χ4v) is 4.80. The molecule has 1 amide bonds. The Morgan fingerprint density at radius 1 is 1.00 bits per heavy atom. The van der Waals surface area contributed by atoms with E-state index in [-0.39, 0.29) is 31.9 Å². The molecule has 8 heteroatoms. The van der Waals surface area contributed by atoms with Crippen LogP contribution >= 0.6 is 0 Å². The van der Waals surface area contributed by atoms with Crippen LogP contribution in [0.2, 0.25) is 0 Å². The highest BCUT2D eigenvalue weighted by Gasteiger charge is 2.29. The quantitative estimate of drug-likeness (QED) is 0.711. The molecule has 4 rings (SSSR count). The number of nitrogens with one attached hydrogen (secondary N) is 1. The van der Waals surface area contributed by atoms with Gasteiger partial charge in [0, 0.05) is 29.7 Å². The van der Waals surface area contributed by atoms with Crippen LogP contribution in [0.15, 0.2) is 65.6 Å². The van der Waals surface area contributed by atoms with Crippen LogP contribution in [0.1, 0.15) is 10.4 Å². The van der Waals surface area contributed by atoms with Gasteiger partial charge in [-0.2, -0.15) is 4.31 Å². The Bertz CT molecular complexity index is 1170. The second-order valence-corrected chi connectivity index (χ2v) is 8.55. The number of fused-ring (bicyclic) bond motifs is 1. The van der Waals surface area contributed by atoms with E-state index in [1.54, 1.807) is 6.07 Å². The molecule has 1 heterocycles. The molecule has 1 saturated heterocycles. The van der Waals surface area contributed by atoms with Crippen molar-refractivity contribution in [3.8, 4) is 0 Å². The number of morpholine rings is 1. The van der Waals surface area contributed by atoms with Gasteiger partial charge in [0.25, 0.3) is 5.91 Å². The van der Waals surface area contributed by atoms with Gasteiger partial charge in [-0.15, -0.1) is 0 Å². The number of ether oxygens (including phenoxy) is 1. The number of carbonyl (C=O) groups is 1. The Balaban J connectivity index is 1.65. The van der Waals surface area contributed by atoms with Crippen molar-refractivity contribution in [3.63, 3.8) is 0 Å². The first-order valence-electron chi connectivity index (χ1n) is 9.13. The number of anilines is 1. The Labute approximate surface area is 168 Å². The van der Waals surface area contributed by atoms with E-state index in [2.05, 4.69) is 5.32 Å². The van der Waals surface area contributed by atoms with E-state index in [1.807, 2.05) is 36.4 Å². The summed E-state index contributed by atoms with van der Waals surface area (Å²) in [5.41, 5.74) is 0.654. The molecule has 0 atom stereocenters. The summed E-state index contributed by atoms with van der Waals surface area (Å²) in [5.74, 6) is -1.40. The highest BCUT2D eigenvalue weighted by molar-refractivity contribution is 7.89. The summed E-state index contributed by atoms with van der Waals surface area (Å²) in [6.07, 6.45) is 0. The lowest BCUT2D eigenvalue weighted by molar-refractivity contribution is 0.0729. The van der Waals surface area contributed by atoms with Crippen LogP contribution in [0.3, 0.4) is 0 Å². The molecule has 6 nitrogen and oxygen atoms in total. The number of hydrogen-bond donors (Lipinski definition) is 1. The third-order valence-corrected chi connectivity index (χ3v) is 6.73. The van der Waals surface area contributed by atoms with Crippen LogP contribution < -0.4 is 5.32 Å². The van der Waals surface area contributed by atoms with Crippen molar-refractivity contribution < 1.29 is 22.3 Å². The molecule has 0 aliphatic carbocycles. The molecule has 0 radical (unpaired) electrons. The maximum atomic E-state index is 14.4. The van der Waals surface area contributed by atoms with Gasteiger partial charge in [-0.05, 0) is 29.7 Å². The van der Waals surface area contributed by atoms with E-state index >= 15 is 0 Å². The van der Waals surface area contributed by atoms with Gasteiger partial charge in [-0.25, -0.2) is 12.8 Å². The van der Waals surface area contributed by atoms with Crippen LogP contribution in [0.4, 0.5) is 10.1 Å². The average molecular weight is 414 g/mol. The van der Waals surface area contributed by atoms with Crippen LogP contribution in [0.25, 0.3) is 10.8 Å². The van der Waals surface area contributed by atoms with Gasteiger partial charge in [-0.1, -0.05) is 36.4 Å². The van der Waals surface area contributed by atoms with Gasteiger partial charge in [0.1, 0.15) is 10.7 Å². The zero-order valence-corrected chi connectivity index (χ0v) is 16.3. The van der Waals surface area contributed by atoms with Crippen molar-refractivity contribution >= 4 is 32.4 Å². The topological polar surface area (TPSA) is 75.7 Å². The SMILES string of the molecule is O=C(Nc1cccc2ccccc12)c1ccc(F)c(S(=O)(=O)N2CCOCC2)c1. The lowest BCUT2D eigenvalue weighted by Crippen LogP contribution is -2.41. The summed E-state index contributed by atoms with van der Waals surface area (Å²) in [4.78, 5) is 12.3. The molecule has 1 fully saturated rings. The monoisotopic (exact) mass is 414 g/mol. The third-order valence-electron chi connectivity index (χ3n) is 4.82. The fraction of sp³-hybridized carbons (Fsp3) is 0.190. The second-order valence-electron chi connectivity index (χ2n) is 6.64. The van der Waals surface area contributed by atoms with E-state index in [0.717, 1.165) is 22.9 Å². The Hall–Kier alpha value is -2.81. The summed E-state index contributed by atoms with van der Waals surface area (Å²) in [6.45, 7) is 0.798. The van der Waals surface area contributed by atoms with Gasteiger partial charge in [0.2, 0.25) is 10.0 Å². The predicted octanol–water partition coefficient (Wildman–Crippen LogP) is 3.25. The van der Waals surface area contributed by atoms with E-state index in [9.17, 15) is 17.6 Å². The van der Waals surface area contributed by atoms with Crippen molar-refractivity contribution in [2.24, 2.45) is 0 Å². The number of hydrogen-bond acceptors (Lipinski definition) is 4. The molecule has 0 bridgehead atoms. The number of rotatable bonds is 4. The second kappa shape index (κ2) is 7.90. The summed E-state index contributed by atoms with van der Waals surface area (Å²) in [6, 6.07) is 16.4. The minimum Gasteiger partial charge on any atom is -0.379 e. The molecule has 0 unspecified atom stereocenters. The maximum absolute atomic E-state index is 14.4. The number of benzene rings is 3. The first-order chi connectivity index (χ1) is 14.0. The van der Waals surface area contributed by atoms with Crippen LogP contribution in [-0.2, 0) is 14.8 Å². The Morgan fingerprint density at radius 3 is 2.52 bits per heavy atom. The van der Waals surface area contributed by atoms with Crippen LogP contribution in [-0.4, -0.2) is 44.9 Å². The number of sulfonamides is 1. The van der Waals surface area contributed by atoms with Crippen molar-refractivity contribution in [3.05, 3.63) is 72.0 Å². The maximum Gasteiger partial charge on any atom is 0.255 e. The summed E-state index contributed by atoms with van der Waals surface area (Å²) < 4.78 is 46.3. The average Bonchev–Trinajstić information content (AvgIpc) is 2.75. The van der Waals surface area contributed by atoms with E-state index < -0.39 is 26.6 Å². The van der Waals surface area contributed by atoms with Gasteiger partial charge in [-0.3, -0.25) is 4.79 Å². The van der Waals surface area contributed by atoms with Crippen molar-refractivity contribution in [2.75, 3.05) is 31.6 Å². The molecule has 29 heavy (non-hydrogen) atoms. The first-order valence-corrected chi connectivity index (χ1v) is 10.6. The standard InChI is InChI=1S/C21H19FN2O4S/c22-18-9-8-16(14-20(18)29(26,27)24-10-12-28-13-11-24)21(25)23-19-7-3-5-15-4-1-2-6-17(15)19/h1-9,14H,10-13H2,(H,23,25). The Morgan fingerprint density at radius 2 is 1.72 bits per heavy atom.